The molecule has 1 heterocycles. The molecule has 0 saturated carbocycles. The van der Waals surface area contributed by atoms with Crippen molar-refractivity contribution in [2.24, 2.45) is 5.73 Å². The molecule has 0 spiro atoms. The summed E-state index contributed by atoms with van der Waals surface area (Å²) >= 11 is 0. The van der Waals surface area contributed by atoms with Gasteiger partial charge in [-0.2, -0.15) is 0 Å². The van der Waals surface area contributed by atoms with Crippen LogP contribution in [0.15, 0.2) is 84.9 Å². The van der Waals surface area contributed by atoms with Gasteiger partial charge < -0.3 is 10.3 Å². The van der Waals surface area contributed by atoms with Crippen molar-refractivity contribution in [1.29, 1.82) is 0 Å². The van der Waals surface area contributed by atoms with Gasteiger partial charge in [-0.1, -0.05) is 80.4 Å². The summed E-state index contributed by atoms with van der Waals surface area (Å²) in [5, 5.41) is 1.73. The van der Waals surface area contributed by atoms with Crippen LogP contribution in [0.5, 0.6) is 0 Å². The summed E-state index contributed by atoms with van der Waals surface area (Å²) in [7, 11) is 0. The first-order valence-electron chi connectivity index (χ1n) is 12.5. The second-order valence-electron chi connectivity index (χ2n) is 9.27. The Hall–Kier alpha value is -4.18. The van der Waals surface area contributed by atoms with Crippen molar-refractivity contribution in [2.75, 3.05) is 0 Å². The third-order valence-electron chi connectivity index (χ3n) is 6.75. The molecule has 2 N–H and O–H groups in total. The topological polar surface area (TPSA) is 65.1 Å². The molecule has 1 aromatic heterocycles. The molecule has 4 heteroatoms. The second-order valence-corrected chi connectivity index (χ2v) is 9.27. The summed E-state index contributed by atoms with van der Waals surface area (Å²) in [6, 6.07) is 30.5. The van der Waals surface area contributed by atoms with Crippen LogP contribution >= 0.6 is 0 Å². The number of benzene rings is 4. The highest BCUT2D eigenvalue weighted by Gasteiger charge is 2.18. The zero-order valence-electron chi connectivity index (χ0n) is 20.5. The summed E-state index contributed by atoms with van der Waals surface area (Å²) in [6.45, 7) is 2.76. The number of ketones is 1. The molecule has 0 atom stereocenters. The molecule has 0 fully saturated rings. The lowest BCUT2D eigenvalue weighted by molar-refractivity contribution is 0.1000. The highest BCUT2D eigenvalue weighted by Crippen LogP contribution is 2.33. The van der Waals surface area contributed by atoms with Crippen LogP contribution in [0.25, 0.3) is 21.8 Å². The number of hydrogen-bond acceptors (Lipinski definition) is 2. The highest BCUT2D eigenvalue weighted by molar-refractivity contribution is 6.17. The van der Waals surface area contributed by atoms with Crippen LogP contribution in [0.1, 0.15) is 63.6 Å². The number of carbonyl (C=O) groups excluding carboxylic acids is 2. The minimum Gasteiger partial charge on any atom is -0.366 e. The van der Waals surface area contributed by atoms with Gasteiger partial charge in [0.15, 0.2) is 5.78 Å². The van der Waals surface area contributed by atoms with Crippen LogP contribution < -0.4 is 5.73 Å². The lowest BCUT2D eigenvalue weighted by atomic mass is 10.0. The molecule has 0 bridgehead atoms. The van der Waals surface area contributed by atoms with Gasteiger partial charge in [-0.05, 0) is 54.3 Å². The first-order chi connectivity index (χ1) is 17.6. The maximum absolute atomic E-state index is 13.1. The van der Waals surface area contributed by atoms with Gasteiger partial charge in [0.25, 0.3) is 0 Å². The summed E-state index contributed by atoms with van der Waals surface area (Å²) in [6.07, 6.45) is 4.49. The summed E-state index contributed by atoms with van der Waals surface area (Å²) in [5.41, 5.74) is 11.8. The maximum Gasteiger partial charge on any atom is 0.249 e. The Morgan fingerprint density at radius 2 is 1.61 bits per heavy atom. The lowest BCUT2D eigenvalue weighted by Crippen LogP contribution is -2.11. The molecule has 1 amide bonds. The summed E-state index contributed by atoms with van der Waals surface area (Å²) in [4.78, 5) is 25.3. The average Bonchev–Trinajstić information content (AvgIpc) is 3.22. The van der Waals surface area contributed by atoms with E-state index in [4.69, 9.17) is 5.73 Å². The predicted octanol–water partition coefficient (Wildman–Crippen LogP) is 6.71. The lowest BCUT2D eigenvalue weighted by Gasteiger charge is -2.10. The number of primary amides is 1. The molecule has 5 aromatic rings. The molecule has 0 unspecified atom stereocenters. The number of unbranched alkanes of at least 4 members (excludes halogenated alkanes) is 2. The Bertz CT molecular complexity index is 1560. The van der Waals surface area contributed by atoms with Gasteiger partial charge in [0.2, 0.25) is 5.91 Å². The molecule has 0 aliphatic heterocycles. The van der Waals surface area contributed by atoms with Crippen molar-refractivity contribution in [3.63, 3.8) is 0 Å². The average molecular weight is 474 g/mol. The number of rotatable bonds is 9. The molecule has 5 rings (SSSR count). The third kappa shape index (κ3) is 4.55. The molecule has 0 aliphatic rings. The SMILES string of the molecule is CCCCCc1c[c]c2c3c(C(N)=O)cccc3n(Cc3cccc(C(=O)c4ccccc4)c3)c2c1. The van der Waals surface area contributed by atoms with Gasteiger partial charge in [0.1, 0.15) is 0 Å². The Balaban J connectivity index is 1.61. The Morgan fingerprint density at radius 3 is 2.39 bits per heavy atom. The molecule has 4 aromatic carbocycles. The van der Waals surface area contributed by atoms with E-state index in [2.05, 4.69) is 23.6 Å². The minimum absolute atomic E-state index is 0.00207. The van der Waals surface area contributed by atoms with E-state index in [0.29, 0.717) is 23.2 Å². The molecular weight excluding hydrogens is 444 g/mol. The van der Waals surface area contributed by atoms with Gasteiger partial charge in [-0.3, -0.25) is 9.59 Å². The summed E-state index contributed by atoms with van der Waals surface area (Å²) < 4.78 is 2.21. The van der Waals surface area contributed by atoms with Crippen LogP contribution in [0.4, 0.5) is 0 Å². The van der Waals surface area contributed by atoms with Crippen LogP contribution in [0, 0.1) is 6.07 Å². The van der Waals surface area contributed by atoms with Gasteiger partial charge >= 0.3 is 0 Å². The predicted molar refractivity (Wildman–Crippen MR) is 145 cm³/mol. The van der Waals surface area contributed by atoms with Gasteiger partial charge in [0.05, 0.1) is 11.0 Å². The Morgan fingerprint density at radius 1 is 0.833 bits per heavy atom. The van der Waals surface area contributed by atoms with Crippen LogP contribution in [-0.4, -0.2) is 16.3 Å². The monoisotopic (exact) mass is 473 g/mol. The van der Waals surface area contributed by atoms with Crippen molar-refractivity contribution >= 4 is 33.5 Å². The second kappa shape index (κ2) is 10.2. The zero-order valence-corrected chi connectivity index (χ0v) is 20.5. The van der Waals surface area contributed by atoms with Crippen LogP contribution in [-0.2, 0) is 13.0 Å². The number of aryl methyl sites for hydroxylation is 1. The number of fused-ring (bicyclic) bond motifs is 3. The van der Waals surface area contributed by atoms with Crippen LogP contribution in [0.2, 0.25) is 0 Å². The van der Waals surface area contributed by atoms with E-state index in [9.17, 15) is 9.59 Å². The number of aromatic nitrogens is 1. The molecule has 1 radical (unpaired) electrons. The standard InChI is InChI=1S/C32H29N2O2/c1-2-3-5-10-22-17-18-26-29(20-22)34(28-16-9-15-27(30(26)28)32(33)36)21-23-11-8-14-25(19-23)31(35)24-12-6-4-7-13-24/h4,6-9,11-17,19-20H,2-3,5,10,21H2,1H3,(H2,33,36). The van der Waals surface area contributed by atoms with E-state index in [0.717, 1.165) is 40.2 Å². The van der Waals surface area contributed by atoms with E-state index in [1.165, 1.54) is 18.4 Å². The smallest absolute Gasteiger partial charge is 0.249 e. The van der Waals surface area contributed by atoms with E-state index < -0.39 is 5.91 Å². The largest absolute Gasteiger partial charge is 0.366 e. The summed E-state index contributed by atoms with van der Waals surface area (Å²) in [5.74, 6) is -0.447. The number of carbonyl (C=O) groups is 2. The molecule has 4 nitrogen and oxygen atoms in total. The third-order valence-corrected chi connectivity index (χ3v) is 6.75. The highest BCUT2D eigenvalue weighted by atomic mass is 16.1. The van der Waals surface area contributed by atoms with Crippen molar-refractivity contribution in [3.05, 3.63) is 119 Å². The molecular formula is C32H29N2O2. The fraction of sp³-hybridized carbons (Fsp3) is 0.188. The quantitative estimate of drug-likeness (QED) is 0.191. The molecule has 36 heavy (non-hydrogen) atoms. The minimum atomic E-state index is -0.449. The number of nitrogens with zero attached hydrogens (tertiary/aromatic N) is 1. The zero-order chi connectivity index (χ0) is 25.1. The van der Waals surface area contributed by atoms with Crippen molar-refractivity contribution in [2.45, 2.75) is 39.2 Å². The van der Waals surface area contributed by atoms with Crippen molar-refractivity contribution in [3.8, 4) is 0 Å². The van der Waals surface area contributed by atoms with Gasteiger partial charge in [-0.15, -0.1) is 0 Å². The van der Waals surface area contributed by atoms with E-state index in [1.54, 1.807) is 6.07 Å². The van der Waals surface area contributed by atoms with Gasteiger partial charge in [0, 0.05) is 34.0 Å². The van der Waals surface area contributed by atoms with Crippen LogP contribution in [0.3, 0.4) is 0 Å². The van der Waals surface area contributed by atoms with Gasteiger partial charge in [-0.25, -0.2) is 0 Å². The molecule has 0 aliphatic carbocycles. The first-order valence-corrected chi connectivity index (χ1v) is 12.5. The number of hydrogen-bond donors (Lipinski definition) is 1. The van der Waals surface area contributed by atoms with E-state index >= 15 is 0 Å². The number of nitrogens with two attached hydrogens (primary N) is 1. The first kappa shape index (κ1) is 23.6. The Kier molecular flexibility index (Phi) is 6.68. The molecule has 0 saturated heterocycles. The van der Waals surface area contributed by atoms with E-state index in [-0.39, 0.29) is 5.78 Å². The van der Waals surface area contributed by atoms with E-state index in [1.807, 2.05) is 72.8 Å². The maximum atomic E-state index is 13.1. The normalized spacial score (nSPS) is 11.2. The van der Waals surface area contributed by atoms with Crippen molar-refractivity contribution < 1.29 is 9.59 Å². The Labute approximate surface area is 211 Å². The number of amides is 1. The fourth-order valence-electron chi connectivity index (χ4n) is 4.95. The van der Waals surface area contributed by atoms with Crippen molar-refractivity contribution in [1.82, 2.24) is 4.57 Å². The molecule has 179 valence electrons. The fourth-order valence-corrected chi connectivity index (χ4v) is 4.95.